The lowest BCUT2D eigenvalue weighted by atomic mass is 10.3. The highest BCUT2D eigenvalue weighted by atomic mass is 32.1. The number of primary amides is 1. The topological polar surface area (TPSA) is 68.0 Å². The van der Waals surface area contributed by atoms with Crippen LogP contribution in [0.1, 0.15) is 24.0 Å². The van der Waals surface area contributed by atoms with E-state index in [4.69, 9.17) is 5.73 Å². The van der Waals surface area contributed by atoms with Gasteiger partial charge in [0.15, 0.2) is 0 Å². The first kappa shape index (κ1) is 9.98. The molecule has 1 aromatic rings. The summed E-state index contributed by atoms with van der Waals surface area (Å²) in [6.45, 7) is 3.96. The van der Waals surface area contributed by atoms with Gasteiger partial charge in [-0.15, -0.1) is 11.3 Å². The maximum absolute atomic E-state index is 10.6. The van der Waals surface area contributed by atoms with Crippen LogP contribution in [0.5, 0.6) is 0 Å². The van der Waals surface area contributed by atoms with Crippen LogP contribution in [0.2, 0.25) is 0 Å². The number of nitrogens with two attached hydrogens (primary N) is 1. The summed E-state index contributed by atoms with van der Waals surface area (Å²) in [7, 11) is 0. The van der Waals surface area contributed by atoms with Crippen LogP contribution in [0.15, 0.2) is 0 Å². The molecular weight excluding hydrogens is 186 g/mol. The molecule has 0 saturated carbocycles. The maximum atomic E-state index is 10.6. The number of urea groups is 1. The minimum absolute atomic E-state index is 0.533. The van der Waals surface area contributed by atoms with Gasteiger partial charge in [0, 0.05) is 0 Å². The average molecular weight is 199 g/mol. The number of carbonyl (C=O) groups excluding carboxylic acids is 1. The summed E-state index contributed by atoms with van der Waals surface area (Å²) in [4.78, 5) is 14.9. The van der Waals surface area contributed by atoms with Crippen molar-refractivity contribution < 1.29 is 4.79 Å². The minimum atomic E-state index is -0.533. The van der Waals surface area contributed by atoms with Gasteiger partial charge >= 0.3 is 6.03 Å². The third-order valence-corrected chi connectivity index (χ3v) is 2.67. The Kier molecular flexibility index (Phi) is 3.25. The first-order chi connectivity index (χ1) is 6.13. The SMILES string of the molecule is CCCc1nc(C)c(NC(N)=O)s1. The predicted molar refractivity (Wildman–Crippen MR) is 54.1 cm³/mol. The third-order valence-electron chi connectivity index (χ3n) is 1.54. The number of hydrogen-bond acceptors (Lipinski definition) is 3. The van der Waals surface area contributed by atoms with Gasteiger partial charge in [-0.2, -0.15) is 0 Å². The molecule has 1 rings (SSSR count). The smallest absolute Gasteiger partial charge is 0.317 e. The molecule has 0 aromatic carbocycles. The van der Waals surface area contributed by atoms with Crippen molar-refractivity contribution >= 4 is 22.4 Å². The van der Waals surface area contributed by atoms with Crippen molar-refractivity contribution in [3.8, 4) is 0 Å². The van der Waals surface area contributed by atoms with Gasteiger partial charge in [0.05, 0.1) is 10.7 Å². The number of nitrogens with zero attached hydrogens (tertiary/aromatic N) is 1. The molecular formula is C8H13N3OS. The quantitative estimate of drug-likeness (QED) is 0.780. The van der Waals surface area contributed by atoms with E-state index in [-0.39, 0.29) is 0 Å². The van der Waals surface area contributed by atoms with E-state index in [1.54, 1.807) is 0 Å². The van der Waals surface area contributed by atoms with Crippen molar-refractivity contribution in [1.82, 2.24) is 4.98 Å². The van der Waals surface area contributed by atoms with E-state index in [9.17, 15) is 4.79 Å². The number of rotatable bonds is 3. The van der Waals surface area contributed by atoms with Gasteiger partial charge in [-0.1, -0.05) is 6.92 Å². The van der Waals surface area contributed by atoms with Gasteiger partial charge in [-0.05, 0) is 19.8 Å². The lowest BCUT2D eigenvalue weighted by Gasteiger charge is -1.95. The summed E-state index contributed by atoms with van der Waals surface area (Å²) >= 11 is 1.49. The molecule has 0 saturated heterocycles. The first-order valence-electron chi connectivity index (χ1n) is 4.16. The molecule has 0 fully saturated rings. The van der Waals surface area contributed by atoms with Crippen molar-refractivity contribution in [1.29, 1.82) is 0 Å². The second kappa shape index (κ2) is 4.23. The van der Waals surface area contributed by atoms with Crippen LogP contribution < -0.4 is 11.1 Å². The van der Waals surface area contributed by atoms with Crippen molar-refractivity contribution in [2.75, 3.05) is 5.32 Å². The Balaban J connectivity index is 2.77. The lowest BCUT2D eigenvalue weighted by molar-refractivity contribution is 0.259. The van der Waals surface area contributed by atoms with Crippen LogP contribution in [0.3, 0.4) is 0 Å². The van der Waals surface area contributed by atoms with Gasteiger partial charge in [-0.3, -0.25) is 5.32 Å². The Bertz CT molecular complexity index is 308. The molecule has 1 heterocycles. The molecule has 4 nitrogen and oxygen atoms in total. The van der Waals surface area contributed by atoms with Crippen molar-refractivity contribution in [3.05, 3.63) is 10.7 Å². The summed E-state index contributed by atoms with van der Waals surface area (Å²) in [6, 6.07) is -0.533. The van der Waals surface area contributed by atoms with Crippen molar-refractivity contribution in [2.45, 2.75) is 26.7 Å². The number of amides is 2. The first-order valence-corrected chi connectivity index (χ1v) is 4.98. The Morgan fingerprint density at radius 3 is 2.92 bits per heavy atom. The number of nitrogens with one attached hydrogen (secondary N) is 1. The number of aromatic nitrogens is 1. The van der Waals surface area contributed by atoms with Gasteiger partial charge in [0.1, 0.15) is 5.00 Å². The lowest BCUT2D eigenvalue weighted by Crippen LogP contribution is -2.18. The van der Waals surface area contributed by atoms with Crippen LogP contribution >= 0.6 is 11.3 Å². The van der Waals surface area contributed by atoms with Gasteiger partial charge < -0.3 is 5.73 Å². The molecule has 0 aliphatic carbocycles. The molecule has 0 spiro atoms. The highest BCUT2D eigenvalue weighted by Gasteiger charge is 2.07. The van der Waals surface area contributed by atoms with Gasteiger partial charge in [-0.25, -0.2) is 9.78 Å². The zero-order valence-electron chi connectivity index (χ0n) is 7.76. The molecule has 13 heavy (non-hydrogen) atoms. The molecule has 0 radical (unpaired) electrons. The number of anilines is 1. The highest BCUT2D eigenvalue weighted by Crippen LogP contribution is 2.24. The molecule has 0 bridgehead atoms. The summed E-state index contributed by atoms with van der Waals surface area (Å²) < 4.78 is 0. The van der Waals surface area contributed by atoms with E-state index in [0.717, 1.165) is 28.5 Å². The molecule has 72 valence electrons. The van der Waals surface area contributed by atoms with Crippen LogP contribution in [0, 0.1) is 6.92 Å². The summed E-state index contributed by atoms with van der Waals surface area (Å²) in [6.07, 6.45) is 2.01. The number of thiazole rings is 1. The largest absolute Gasteiger partial charge is 0.351 e. The van der Waals surface area contributed by atoms with Crippen LogP contribution in [-0.2, 0) is 6.42 Å². The zero-order valence-corrected chi connectivity index (χ0v) is 8.57. The summed E-state index contributed by atoms with van der Waals surface area (Å²) in [5, 5.41) is 4.35. The van der Waals surface area contributed by atoms with Gasteiger partial charge in [0.25, 0.3) is 0 Å². The number of aryl methyl sites for hydroxylation is 2. The van der Waals surface area contributed by atoms with E-state index in [2.05, 4.69) is 17.2 Å². The predicted octanol–water partition coefficient (Wildman–Crippen LogP) is 1.89. The number of carbonyl (C=O) groups is 1. The molecule has 5 heteroatoms. The fourth-order valence-corrected chi connectivity index (χ4v) is 2.07. The molecule has 0 atom stereocenters. The molecule has 0 unspecified atom stereocenters. The molecule has 3 N–H and O–H groups in total. The normalized spacial score (nSPS) is 10.0. The average Bonchev–Trinajstić information content (AvgIpc) is 2.31. The Morgan fingerprint density at radius 2 is 2.38 bits per heavy atom. The molecule has 0 aliphatic heterocycles. The molecule has 0 aliphatic rings. The minimum Gasteiger partial charge on any atom is -0.351 e. The second-order valence-electron chi connectivity index (χ2n) is 2.76. The van der Waals surface area contributed by atoms with E-state index in [0.29, 0.717) is 0 Å². The van der Waals surface area contributed by atoms with Gasteiger partial charge in [0.2, 0.25) is 0 Å². The van der Waals surface area contributed by atoms with Crippen molar-refractivity contribution in [3.63, 3.8) is 0 Å². The van der Waals surface area contributed by atoms with E-state index in [1.807, 2.05) is 6.92 Å². The second-order valence-corrected chi connectivity index (χ2v) is 3.85. The fraction of sp³-hybridized carbons (Fsp3) is 0.500. The summed E-state index contributed by atoms with van der Waals surface area (Å²) in [5.41, 5.74) is 5.85. The third kappa shape index (κ3) is 2.69. The van der Waals surface area contributed by atoms with E-state index < -0.39 is 6.03 Å². The monoisotopic (exact) mass is 199 g/mol. The molecule has 2 amide bonds. The highest BCUT2D eigenvalue weighted by molar-refractivity contribution is 7.16. The standard InChI is InChI=1S/C8H13N3OS/c1-3-4-6-10-5(2)7(13-6)11-8(9)12/h3-4H2,1-2H3,(H3,9,11,12). The fourth-order valence-electron chi connectivity index (χ4n) is 1.00. The van der Waals surface area contributed by atoms with Crippen LogP contribution in [-0.4, -0.2) is 11.0 Å². The van der Waals surface area contributed by atoms with E-state index in [1.165, 1.54) is 11.3 Å². The van der Waals surface area contributed by atoms with E-state index >= 15 is 0 Å². The van der Waals surface area contributed by atoms with Crippen molar-refractivity contribution in [2.24, 2.45) is 5.73 Å². The Labute approximate surface area is 81.2 Å². The maximum Gasteiger partial charge on any atom is 0.317 e. The zero-order chi connectivity index (χ0) is 9.84. The Hall–Kier alpha value is -1.10. The summed E-state index contributed by atoms with van der Waals surface area (Å²) in [5.74, 6) is 0. The molecule has 1 aromatic heterocycles. The Morgan fingerprint density at radius 1 is 1.69 bits per heavy atom. The number of hydrogen-bond donors (Lipinski definition) is 2. The van der Waals surface area contributed by atoms with Crippen LogP contribution in [0.4, 0.5) is 9.80 Å². The van der Waals surface area contributed by atoms with Crippen LogP contribution in [0.25, 0.3) is 0 Å².